The molecule has 0 bridgehead atoms. The fourth-order valence-electron chi connectivity index (χ4n) is 5.90. The summed E-state index contributed by atoms with van der Waals surface area (Å²) in [5, 5.41) is 24.4. The number of nitrogens with one attached hydrogen (secondary N) is 4. The maximum absolute atomic E-state index is 13.2. The molecule has 0 radical (unpaired) electrons. The van der Waals surface area contributed by atoms with E-state index >= 15 is 0 Å². The van der Waals surface area contributed by atoms with E-state index in [9.17, 15) is 19.6 Å². The predicted octanol–water partition coefficient (Wildman–Crippen LogP) is 2.89. The molecule has 3 saturated heterocycles. The molecule has 3 aliphatic heterocycles. The largest absolute Gasteiger partial charge is 0.383 e. The highest BCUT2D eigenvalue weighted by Crippen LogP contribution is 2.37. The predicted molar refractivity (Wildman–Crippen MR) is 170 cm³/mol. The van der Waals surface area contributed by atoms with Crippen molar-refractivity contribution in [1.29, 1.82) is 5.26 Å². The Morgan fingerprint density at radius 3 is 2.53 bits per heavy atom. The number of hydrogen-bond acceptors (Lipinski definition) is 8. The molecule has 10 nitrogen and oxygen atoms in total. The number of amides is 3. The lowest BCUT2D eigenvalue weighted by Gasteiger charge is -2.23. The van der Waals surface area contributed by atoms with Gasteiger partial charge in [-0.2, -0.15) is 5.26 Å². The molecule has 228 valence electrons. The number of nitriles is 1. The fraction of sp³-hybridized carbons (Fsp3) is 0.500. The number of hydrogen-bond donors (Lipinski definition) is 4. The summed E-state index contributed by atoms with van der Waals surface area (Å²) in [7, 11) is 0. The molecule has 2 aromatic rings. The minimum Gasteiger partial charge on any atom is -0.383 e. The van der Waals surface area contributed by atoms with Crippen LogP contribution in [0.1, 0.15) is 43.0 Å². The lowest BCUT2D eigenvalue weighted by Crippen LogP contribution is -2.37. The van der Waals surface area contributed by atoms with Crippen LogP contribution in [0.25, 0.3) is 10.8 Å². The van der Waals surface area contributed by atoms with Gasteiger partial charge in [0.2, 0.25) is 5.91 Å². The van der Waals surface area contributed by atoms with Gasteiger partial charge >= 0.3 is 0 Å². The molecule has 43 heavy (non-hydrogen) atoms. The molecule has 3 aliphatic rings. The zero-order valence-electron chi connectivity index (χ0n) is 24.8. The van der Waals surface area contributed by atoms with E-state index in [1.54, 1.807) is 0 Å². The monoisotopic (exact) mass is 603 g/mol. The van der Waals surface area contributed by atoms with Crippen LogP contribution in [0.15, 0.2) is 47.0 Å². The van der Waals surface area contributed by atoms with Gasteiger partial charge in [-0.25, -0.2) is 0 Å². The minimum atomic E-state index is -0.460. The van der Waals surface area contributed by atoms with Crippen LogP contribution < -0.4 is 21.3 Å². The Morgan fingerprint density at radius 1 is 1.05 bits per heavy atom. The molecule has 3 amide bonds. The Morgan fingerprint density at radius 2 is 1.79 bits per heavy atom. The second-order valence-electron chi connectivity index (χ2n) is 11.3. The van der Waals surface area contributed by atoms with Crippen LogP contribution in [0.4, 0.5) is 5.69 Å². The quantitative estimate of drug-likeness (QED) is 0.228. The maximum Gasteiger partial charge on any atom is 0.264 e. The number of thioether (sulfide) groups is 1. The van der Waals surface area contributed by atoms with Gasteiger partial charge in [0.15, 0.2) is 0 Å². The van der Waals surface area contributed by atoms with Gasteiger partial charge in [0.1, 0.15) is 21.9 Å². The molecule has 1 atom stereocenters. The van der Waals surface area contributed by atoms with Crippen molar-refractivity contribution >= 4 is 45.9 Å². The van der Waals surface area contributed by atoms with Crippen molar-refractivity contribution < 1.29 is 14.4 Å². The number of benzene rings is 2. The average Bonchev–Trinajstić information content (AvgIpc) is 3.66. The highest BCUT2D eigenvalue weighted by molar-refractivity contribution is 8.04. The third-order valence-electron chi connectivity index (χ3n) is 8.43. The zero-order chi connectivity index (χ0) is 30.2. The third-order valence-corrected chi connectivity index (χ3v) is 9.73. The van der Waals surface area contributed by atoms with Crippen LogP contribution in [0, 0.1) is 17.2 Å². The van der Waals surface area contributed by atoms with Gasteiger partial charge in [0.05, 0.1) is 0 Å². The Kier molecular flexibility index (Phi) is 10.6. The van der Waals surface area contributed by atoms with E-state index in [1.807, 2.05) is 43.3 Å². The number of piperidine rings is 1. The molecular weight excluding hydrogens is 562 g/mol. The molecule has 4 N–H and O–H groups in total. The molecule has 5 rings (SSSR count). The molecule has 0 saturated carbocycles. The third kappa shape index (κ3) is 7.68. The van der Waals surface area contributed by atoms with E-state index in [0.717, 1.165) is 62.0 Å². The molecule has 0 spiro atoms. The highest BCUT2D eigenvalue weighted by Gasteiger charge is 2.39. The summed E-state index contributed by atoms with van der Waals surface area (Å²) in [6.07, 6.45) is 4.45. The van der Waals surface area contributed by atoms with Gasteiger partial charge in [-0.1, -0.05) is 23.9 Å². The number of likely N-dealkylation sites (tertiary alicyclic amines) is 1. The molecule has 2 aromatic carbocycles. The summed E-state index contributed by atoms with van der Waals surface area (Å²) in [4.78, 5) is 42.8. The molecular formula is C32H41N7O3S. The molecule has 3 heterocycles. The highest BCUT2D eigenvalue weighted by atomic mass is 32.2. The maximum atomic E-state index is 13.2. The number of carbonyl (C=O) groups is 3. The van der Waals surface area contributed by atoms with Crippen LogP contribution in [0.3, 0.4) is 0 Å². The van der Waals surface area contributed by atoms with E-state index in [0.29, 0.717) is 42.7 Å². The smallest absolute Gasteiger partial charge is 0.264 e. The van der Waals surface area contributed by atoms with Crippen LogP contribution in [0.5, 0.6) is 0 Å². The summed E-state index contributed by atoms with van der Waals surface area (Å²) in [5.74, 6) is -0.212. The number of fused-ring (bicyclic) bond motifs is 1. The first-order chi connectivity index (χ1) is 21.0. The second-order valence-corrected chi connectivity index (χ2v) is 12.5. The van der Waals surface area contributed by atoms with Crippen LogP contribution in [0.2, 0.25) is 0 Å². The van der Waals surface area contributed by atoms with E-state index in [-0.39, 0.29) is 17.4 Å². The summed E-state index contributed by atoms with van der Waals surface area (Å²) in [6, 6.07) is 13.6. The molecule has 0 aliphatic carbocycles. The van der Waals surface area contributed by atoms with E-state index < -0.39 is 11.2 Å². The Balaban J connectivity index is 1.18. The molecule has 0 unspecified atom stereocenters. The van der Waals surface area contributed by atoms with Crippen molar-refractivity contribution in [3.8, 4) is 6.07 Å². The van der Waals surface area contributed by atoms with E-state index in [2.05, 4.69) is 32.2 Å². The first-order valence-corrected chi connectivity index (χ1v) is 16.2. The lowest BCUT2D eigenvalue weighted by molar-refractivity contribution is -0.127. The minimum absolute atomic E-state index is 0.00164. The number of carbonyl (C=O) groups excluding carboxylic acids is 3. The zero-order valence-corrected chi connectivity index (χ0v) is 25.6. The second kappa shape index (κ2) is 14.7. The Hall–Kier alpha value is -3.59. The van der Waals surface area contributed by atoms with Crippen molar-refractivity contribution in [1.82, 2.24) is 25.8 Å². The number of rotatable bonds is 11. The topological polar surface area (TPSA) is 130 Å². The summed E-state index contributed by atoms with van der Waals surface area (Å²) in [6.45, 7) is 8.73. The number of anilines is 1. The summed E-state index contributed by atoms with van der Waals surface area (Å²) >= 11 is 1.27. The molecule has 11 heteroatoms. The van der Waals surface area contributed by atoms with E-state index in [4.69, 9.17) is 0 Å². The fourth-order valence-corrected chi connectivity index (χ4v) is 7.16. The SMILES string of the molecule is CCN1C(=O)[C@@H](CNc2ccc3cc(C(=O)NCCN4CCCC4)ccc3c2)S/C1=C(/C#N)C(=O)NCC1CCNCC1. The first-order valence-electron chi connectivity index (χ1n) is 15.4. The number of nitrogens with zero attached hydrogens (tertiary/aromatic N) is 3. The normalized spacial score (nSPS) is 20.7. The van der Waals surface area contributed by atoms with Crippen molar-refractivity contribution in [3.05, 3.63) is 52.6 Å². The van der Waals surface area contributed by atoms with Gasteiger partial charge in [0.25, 0.3) is 11.8 Å². The van der Waals surface area contributed by atoms with Crippen LogP contribution in [-0.2, 0) is 9.59 Å². The first kappa shape index (κ1) is 30.9. The Labute approximate surface area is 257 Å². The van der Waals surface area contributed by atoms with E-state index in [1.165, 1.54) is 29.5 Å². The van der Waals surface area contributed by atoms with Crippen LogP contribution >= 0.6 is 11.8 Å². The van der Waals surface area contributed by atoms with Crippen LogP contribution in [-0.4, -0.2) is 91.7 Å². The van der Waals surface area contributed by atoms with Gasteiger partial charge < -0.3 is 31.1 Å². The van der Waals surface area contributed by atoms with Crippen molar-refractivity contribution in [2.45, 2.75) is 37.9 Å². The van der Waals surface area contributed by atoms with Gasteiger partial charge in [0, 0.05) is 44.0 Å². The lowest BCUT2D eigenvalue weighted by atomic mass is 9.98. The summed E-state index contributed by atoms with van der Waals surface area (Å²) in [5.41, 5.74) is 1.48. The van der Waals surface area contributed by atoms with Crippen molar-refractivity contribution in [2.24, 2.45) is 5.92 Å². The summed E-state index contributed by atoms with van der Waals surface area (Å²) < 4.78 is 0. The van der Waals surface area contributed by atoms with Gasteiger partial charge in [-0.15, -0.1) is 0 Å². The average molecular weight is 604 g/mol. The standard InChI is InChI=1S/C32H41N7O3S/c1-2-39-31(42)28(43-32(39)27(19-33)30(41)37-20-22-9-11-34-12-10-22)21-36-26-8-7-23-17-25(6-5-24(23)18-26)29(40)35-13-16-38-14-3-4-15-38/h5-8,17-18,22,28,34,36H,2-4,9-16,20-21H2,1H3,(H,35,40)(H,37,41)/b32-27-/t28-/m1/s1. The molecule has 0 aromatic heterocycles. The Bertz CT molecular complexity index is 1410. The molecule has 3 fully saturated rings. The van der Waals surface area contributed by atoms with Crippen molar-refractivity contribution in [3.63, 3.8) is 0 Å². The van der Waals surface area contributed by atoms with Crippen molar-refractivity contribution in [2.75, 3.05) is 64.2 Å². The van der Waals surface area contributed by atoms with Gasteiger partial charge in [-0.05, 0) is 99.7 Å². The van der Waals surface area contributed by atoms with Gasteiger partial charge in [-0.3, -0.25) is 14.4 Å².